The van der Waals surface area contributed by atoms with Gasteiger partial charge in [-0.2, -0.15) is 0 Å². The Bertz CT molecular complexity index is 835. The summed E-state index contributed by atoms with van der Waals surface area (Å²) in [4.78, 5) is 34.9. The molecule has 0 bridgehead atoms. The molecule has 3 N–H and O–H groups in total. The summed E-state index contributed by atoms with van der Waals surface area (Å²) < 4.78 is 10.7. The summed E-state index contributed by atoms with van der Waals surface area (Å²) in [7, 11) is 0. The minimum Gasteiger partial charge on any atom is -0.425 e. The number of nitrogens with zero attached hydrogens (tertiary/aromatic N) is 1. The van der Waals surface area contributed by atoms with Gasteiger partial charge in [0.25, 0.3) is 5.95 Å². The maximum Gasteiger partial charge on any atom is 0.416 e. The van der Waals surface area contributed by atoms with Gasteiger partial charge in [0.2, 0.25) is 12.3 Å². The predicted octanol–water partition coefficient (Wildman–Crippen LogP) is 2.95. The summed E-state index contributed by atoms with van der Waals surface area (Å²) in [6, 6.07) is 7.32. The molecular formula is C20H27N3O6. The first-order valence-corrected chi connectivity index (χ1v) is 9.58. The van der Waals surface area contributed by atoms with E-state index in [-0.39, 0.29) is 31.5 Å². The van der Waals surface area contributed by atoms with Crippen LogP contribution in [0.2, 0.25) is 0 Å². The topological polar surface area (TPSA) is 121 Å². The number of nitrogens with one attached hydrogen (secondary N) is 2. The SMILES string of the molecule is CCCCC[C@H](CN(O)C=O)C(=O)NCNC(=O)Oc1oc2ccccc2c1C. The molecule has 0 aliphatic rings. The number of hydrogen-bond acceptors (Lipinski definition) is 6. The molecule has 9 heteroatoms. The molecule has 0 radical (unpaired) electrons. The highest BCUT2D eigenvalue weighted by molar-refractivity contribution is 5.84. The average molecular weight is 405 g/mol. The highest BCUT2D eigenvalue weighted by atomic mass is 16.6. The molecular weight excluding hydrogens is 378 g/mol. The lowest BCUT2D eigenvalue weighted by Crippen LogP contribution is -2.43. The Labute approximate surface area is 168 Å². The second kappa shape index (κ2) is 11.1. The zero-order valence-electron chi connectivity index (χ0n) is 16.6. The summed E-state index contributed by atoms with van der Waals surface area (Å²) >= 11 is 0. The maximum absolute atomic E-state index is 12.3. The number of carbonyl (C=O) groups excluding carboxylic acids is 3. The molecule has 29 heavy (non-hydrogen) atoms. The summed E-state index contributed by atoms with van der Waals surface area (Å²) in [6.07, 6.45) is 2.73. The van der Waals surface area contributed by atoms with Crippen molar-refractivity contribution in [1.82, 2.24) is 15.7 Å². The average Bonchev–Trinajstić information content (AvgIpc) is 3.02. The number of amides is 3. The van der Waals surface area contributed by atoms with Crippen LogP contribution in [0.25, 0.3) is 11.0 Å². The number of unbranched alkanes of at least 4 members (excludes halogenated alkanes) is 2. The molecule has 1 heterocycles. The Morgan fingerprint density at radius 3 is 2.72 bits per heavy atom. The van der Waals surface area contributed by atoms with Crippen LogP contribution in [0.1, 0.15) is 38.2 Å². The first kappa shape index (κ1) is 22.2. The number of ether oxygens (including phenoxy) is 1. The van der Waals surface area contributed by atoms with Crippen LogP contribution in [0, 0.1) is 12.8 Å². The van der Waals surface area contributed by atoms with Gasteiger partial charge in [-0.1, -0.05) is 44.4 Å². The Morgan fingerprint density at radius 1 is 1.28 bits per heavy atom. The monoisotopic (exact) mass is 405 g/mol. The van der Waals surface area contributed by atoms with Crippen molar-refractivity contribution < 1.29 is 28.7 Å². The van der Waals surface area contributed by atoms with Gasteiger partial charge in [-0.05, 0) is 19.4 Å². The lowest BCUT2D eigenvalue weighted by atomic mass is 10.0. The quantitative estimate of drug-likeness (QED) is 0.174. The number of hydroxylamine groups is 2. The number of fused-ring (bicyclic) bond motifs is 1. The molecule has 1 aromatic heterocycles. The highest BCUT2D eigenvalue weighted by Crippen LogP contribution is 2.30. The van der Waals surface area contributed by atoms with E-state index in [1.165, 1.54) is 0 Å². The van der Waals surface area contributed by atoms with Crippen LogP contribution in [-0.2, 0) is 9.59 Å². The van der Waals surface area contributed by atoms with E-state index in [0.717, 1.165) is 24.6 Å². The molecule has 0 fully saturated rings. The molecule has 0 aliphatic heterocycles. The molecule has 0 saturated carbocycles. The number of benzene rings is 1. The van der Waals surface area contributed by atoms with Crippen molar-refractivity contribution in [2.45, 2.75) is 39.5 Å². The normalized spacial score (nSPS) is 11.7. The van der Waals surface area contributed by atoms with Gasteiger partial charge in [0, 0.05) is 10.9 Å². The number of hydrogen-bond donors (Lipinski definition) is 3. The van der Waals surface area contributed by atoms with Crippen LogP contribution in [0.4, 0.5) is 4.79 Å². The zero-order chi connectivity index (χ0) is 21.2. The Kier molecular flexibility index (Phi) is 8.47. The van der Waals surface area contributed by atoms with Crippen molar-refractivity contribution in [3.63, 3.8) is 0 Å². The predicted molar refractivity (Wildman–Crippen MR) is 105 cm³/mol. The smallest absolute Gasteiger partial charge is 0.416 e. The first-order chi connectivity index (χ1) is 14.0. The van der Waals surface area contributed by atoms with Crippen molar-refractivity contribution in [2.75, 3.05) is 13.2 Å². The lowest BCUT2D eigenvalue weighted by Gasteiger charge is -2.19. The van der Waals surface area contributed by atoms with E-state index in [9.17, 15) is 19.6 Å². The number of para-hydroxylation sites is 1. The lowest BCUT2D eigenvalue weighted by molar-refractivity contribution is -0.154. The third-order valence-corrected chi connectivity index (χ3v) is 4.54. The van der Waals surface area contributed by atoms with Crippen molar-refractivity contribution in [3.8, 4) is 5.95 Å². The van der Waals surface area contributed by atoms with Gasteiger partial charge in [0.15, 0.2) is 0 Å². The molecule has 9 nitrogen and oxygen atoms in total. The van der Waals surface area contributed by atoms with Gasteiger partial charge < -0.3 is 19.8 Å². The van der Waals surface area contributed by atoms with Crippen molar-refractivity contribution in [2.24, 2.45) is 5.92 Å². The molecule has 1 atom stereocenters. The Morgan fingerprint density at radius 2 is 2.03 bits per heavy atom. The van der Waals surface area contributed by atoms with Crippen molar-refractivity contribution in [3.05, 3.63) is 29.8 Å². The summed E-state index contributed by atoms with van der Waals surface area (Å²) in [5.41, 5.74) is 1.31. The molecule has 0 saturated heterocycles. The second-order valence-electron chi connectivity index (χ2n) is 6.71. The highest BCUT2D eigenvalue weighted by Gasteiger charge is 2.21. The van der Waals surface area contributed by atoms with E-state index >= 15 is 0 Å². The van der Waals surface area contributed by atoms with Gasteiger partial charge in [-0.3, -0.25) is 14.8 Å². The molecule has 2 rings (SSSR count). The minimum atomic E-state index is -0.772. The van der Waals surface area contributed by atoms with Gasteiger partial charge >= 0.3 is 6.09 Å². The van der Waals surface area contributed by atoms with Crippen LogP contribution in [0.15, 0.2) is 28.7 Å². The Balaban J connectivity index is 1.84. The van der Waals surface area contributed by atoms with Crippen LogP contribution in [0.3, 0.4) is 0 Å². The van der Waals surface area contributed by atoms with E-state index in [1.807, 2.05) is 25.1 Å². The second-order valence-corrected chi connectivity index (χ2v) is 6.71. The number of aryl methyl sites for hydroxylation is 1. The van der Waals surface area contributed by atoms with Crippen LogP contribution >= 0.6 is 0 Å². The number of carbonyl (C=O) groups is 3. The van der Waals surface area contributed by atoms with Crippen LogP contribution in [0.5, 0.6) is 5.95 Å². The van der Waals surface area contributed by atoms with Gasteiger partial charge in [0.05, 0.1) is 19.1 Å². The van der Waals surface area contributed by atoms with Crippen molar-refractivity contribution in [1.29, 1.82) is 0 Å². The largest absolute Gasteiger partial charge is 0.425 e. The fraction of sp³-hybridized carbons (Fsp3) is 0.450. The van der Waals surface area contributed by atoms with Gasteiger partial charge in [0.1, 0.15) is 5.58 Å². The van der Waals surface area contributed by atoms with Crippen LogP contribution in [-0.4, -0.2) is 41.9 Å². The fourth-order valence-corrected chi connectivity index (χ4v) is 2.93. The van der Waals surface area contributed by atoms with Crippen LogP contribution < -0.4 is 15.4 Å². The molecule has 1 aromatic carbocycles. The summed E-state index contributed by atoms with van der Waals surface area (Å²) in [6.45, 7) is 3.55. The van der Waals surface area contributed by atoms with Crippen molar-refractivity contribution >= 4 is 29.4 Å². The molecule has 158 valence electrons. The standard InChI is InChI=1S/C20H27N3O6/c1-3-4-5-8-15(11-23(27)13-24)18(25)21-12-22-20(26)29-19-14(2)16-9-6-7-10-17(16)28-19/h6-7,9-10,13,15,27H,3-5,8,11-12H2,1-2H3,(H,21,25)(H,22,26)/t15-/m1/s1. The molecule has 3 amide bonds. The van der Waals surface area contributed by atoms with E-state index in [2.05, 4.69) is 10.6 Å². The maximum atomic E-state index is 12.3. The van der Waals surface area contributed by atoms with E-state index < -0.39 is 12.0 Å². The van der Waals surface area contributed by atoms with E-state index in [4.69, 9.17) is 9.15 Å². The first-order valence-electron chi connectivity index (χ1n) is 9.58. The zero-order valence-corrected chi connectivity index (χ0v) is 16.6. The third-order valence-electron chi connectivity index (χ3n) is 4.54. The third kappa shape index (κ3) is 6.49. The fourth-order valence-electron chi connectivity index (χ4n) is 2.93. The number of furan rings is 1. The summed E-state index contributed by atoms with van der Waals surface area (Å²) in [5, 5.41) is 15.7. The minimum absolute atomic E-state index is 0.0920. The Hall–Kier alpha value is -3.07. The molecule has 0 spiro atoms. The number of rotatable bonds is 11. The summed E-state index contributed by atoms with van der Waals surface area (Å²) in [5.74, 6) is -0.858. The molecule has 0 aliphatic carbocycles. The molecule has 0 unspecified atom stereocenters. The molecule has 2 aromatic rings. The van der Waals surface area contributed by atoms with E-state index in [0.29, 0.717) is 22.6 Å². The van der Waals surface area contributed by atoms with E-state index in [1.54, 1.807) is 13.0 Å². The van der Waals surface area contributed by atoms with Gasteiger partial charge in [-0.15, -0.1) is 0 Å². The van der Waals surface area contributed by atoms with Gasteiger partial charge in [-0.25, -0.2) is 9.86 Å².